The minimum absolute atomic E-state index is 0.0602. The van der Waals surface area contributed by atoms with E-state index in [0.29, 0.717) is 10.0 Å². The molecule has 0 aliphatic rings. The molecule has 0 atom stereocenters. The molecule has 0 saturated heterocycles. The van der Waals surface area contributed by atoms with Crippen molar-refractivity contribution in [3.8, 4) is 5.69 Å². The molecule has 2 heterocycles. The second-order valence-corrected chi connectivity index (χ2v) is 13.1. The van der Waals surface area contributed by atoms with Crippen LogP contribution in [0.5, 0.6) is 0 Å². The molecule has 0 spiro atoms. The number of nitrogens with zero attached hydrogens (tertiary/aromatic N) is 2. The Balaban J connectivity index is 1.50. The summed E-state index contributed by atoms with van der Waals surface area (Å²) >= 11 is 15.2. The summed E-state index contributed by atoms with van der Waals surface area (Å²) in [5.74, 6) is 0. The zero-order chi connectivity index (χ0) is 28.3. The van der Waals surface area contributed by atoms with Gasteiger partial charge < -0.3 is 9.47 Å². The first-order valence-electron chi connectivity index (χ1n) is 13.7. The van der Waals surface area contributed by atoms with E-state index in [9.17, 15) is 0 Å². The normalized spacial score (nSPS) is 12.0. The maximum atomic E-state index is 6.88. The van der Waals surface area contributed by atoms with Crippen LogP contribution in [0.4, 0.5) is 17.1 Å². The molecular formula is C36H28Cl2N2S. The number of anilines is 3. The third-order valence-corrected chi connectivity index (χ3v) is 9.51. The molecule has 0 fully saturated rings. The van der Waals surface area contributed by atoms with E-state index in [-0.39, 0.29) is 5.41 Å². The van der Waals surface area contributed by atoms with Crippen LogP contribution in [-0.2, 0) is 5.41 Å². The van der Waals surface area contributed by atoms with Crippen LogP contribution < -0.4 is 4.90 Å². The van der Waals surface area contributed by atoms with Gasteiger partial charge in [0.25, 0.3) is 0 Å². The van der Waals surface area contributed by atoms with Gasteiger partial charge in [-0.15, -0.1) is 11.3 Å². The van der Waals surface area contributed by atoms with E-state index in [1.807, 2.05) is 18.2 Å². The molecule has 7 aromatic rings. The molecule has 0 N–H and O–H groups in total. The summed E-state index contributed by atoms with van der Waals surface area (Å²) in [5, 5.41) is 6.93. The summed E-state index contributed by atoms with van der Waals surface area (Å²) in [6.07, 6.45) is 0. The van der Waals surface area contributed by atoms with Crippen molar-refractivity contribution in [2.45, 2.75) is 26.2 Å². The molecular weight excluding hydrogens is 563 g/mol. The monoisotopic (exact) mass is 590 g/mol. The molecule has 0 bridgehead atoms. The van der Waals surface area contributed by atoms with Gasteiger partial charge in [-0.3, -0.25) is 0 Å². The van der Waals surface area contributed by atoms with Gasteiger partial charge in [0.2, 0.25) is 0 Å². The fraction of sp³-hybridized carbons (Fsp3) is 0.111. The van der Waals surface area contributed by atoms with Crippen molar-refractivity contribution >= 4 is 83.5 Å². The van der Waals surface area contributed by atoms with Crippen LogP contribution in [0.2, 0.25) is 10.0 Å². The Morgan fingerprint density at radius 2 is 1.39 bits per heavy atom. The van der Waals surface area contributed by atoms with E-state index in [0.717, 1.165) is 22.7 Å². The van der Waals surface area contributed by atoms with Crippen molar-refractivity contribution in [1.82, 2.24) is 4.57 Å². The largest absolute Gasteiger partial charge is 0.309 e. The van der Waals surface area contributed by atoms with Gasteiger partial charge in [0.1, 0.15) is 0 Å². The molecule has 0 unspecified atom stereocenters. The standard InChI is InChI=1S/C36H28Cl2N2S/c1-36(2,3)23-16-18-25(19-17-23)40(31-15-9-13-29(37)35(31)38)33-22-41-34-21-32-27(20-28(33)34)26-12-7-8-14-30(26)39(32)24-10-5-4-6-11-24/h4-22H,1-3H3. The zero-order valence-electron chi connectivity index (χ0n) is 23.0. The van der Waals surface area contributed by atoms with Crippen molar-refractivity contribution in [1.29, 1.82) is 0 Å². The molecule has 0 aliphatic heterocycles. The third-order valence-electron chi connectivity index (χ3n) is 7.77. The molecule has 41 heavy (non-hydrogen) atoms. The van der Waals surface area contributed by atoms with Crippen molar-refractivity contribution in [3.63, 3.8) is 0 Å². The van der Waals surface area contributed by atoms with Crippen molar-refractivity contribution in [3.05, 3.63) is 130 Å². The Bertz CT molecular complexity index is 2050. The summed E-state index contributed by atoms with van der Waals surface area (Å²) in [5.41, 5.74) is 7.86. The van der Waals surface area contributed by atoms with Crippen molar-refractivity contribution < 1.29 is 0 Å². The Morgan fingerprint density at radius 1 is 0.659 bits per heavy atom. The lowest BCUT2D eigenvalue weighted by molar-refractivity contribution is 0.590. The summed E-state index contributed by atoms with van der Waals surface area (Å²) in [7, 11) is 0. The second kappa shape index (κ2) is 9.95. The van der Waals surface area contributed by atoms with Gasteiger partial charge in [-0.1, -0.05) is 98.6 Å². The highest BCUT2D eigenvalue weighted by atomic mass is 35.5. The Labute approximate surface area is 254 Å². The molecule has 202 valence electrons. The maximum Gasteiger partial charge on any atom is 0.0832 e. The summed E-state index contributed by atoms with van der Waals surface area (Å²) < 4.78 is 3.57. The minimum Gasteiger partial charge on any atom is -0.309 e. The lowest BCUT2D eigenvalue weighted by atomic mass is 9.87. The minimum atomic E-state index is 0.0602. The summed E-state index contributed by atoms with van der Waals surface area (Å²) in [6, 6.07) is 38.5. The number of hydrogen-bond acceptors (Lipinski definition) is 2. The first kappa shape index (κ1) is 26.2. The van der Waals surface area contributed by atoms with Gasteiger partial charge in [0.15, 0.2) is 0 Å². The van der Waals surface area contributed by atoms with Crippen LogP contribution in [0.1, 0.15) is 26.3 Å². The second-order valence-electron chi connectivity index (χ2n) is 11.4. The van der Waals surface area contributed by atoms with E-state index in [2.05, 4.69) is 127 Å². The molecule has 5 aromatic carbocycles. The lowest BCUT2D eigenvalue weighted by Gasteiger charge is -2.27. The maximum absolute atomic E-state index is 6.88. The summed E-state index contributed by atoms with van der Waals surface area (Å²) in [4.78, 5) is 2.24. The Morgan fingerprint density at radius 3 is 2.15 bits per heavy atom. The van der Waals surface area contributed by atoms with E-state index >= 15 is 0 Å². The van der Waals surface area contributed by atoms with Gasteiger partial charge >= 0.3 is 0 Å². The average Bonchev–Trinajstić information content (AvgIpc) is 3.53. The first-order chi connectivity index (χ1) is 19.8. The molecule has 0 amide bonds. The molecule has 0 saturated carbocycles. The van der Waals surface area contributed by atoms with E-state index < -0.39 is 0 Å². The molecule has 2 aromatic heterocycles. The molecule has 0 aliphatic carbocycles. The number of para-hydroxylation sites is 2. The fourth-order valence-electron chi connectivity index (χ4n) is 5.69. The average molecular weight is 592 g/mol. The lowest BCUT2D eigenvalue weighted by Crippen LogP contribution is -2.13. The number of fused-ring (bicyclic) bond motifs is 4. The highest BCUT2D eigenvalue weighted by Gasteiger charge is 2.23. The van der Waals surface area contributed by atoms with Crippen molar-refractivity contribution in [2.24, 2.45) is 0 Å². The van der Waals surface area contributed by atoms with Crippen LogP contribution in [-0.4, -0.2) is 4.57 Å². The number of halogens is 2. The quantitative estimate of drug-likeness (QED) is 0.198. The van der Waals surface area contributed by atoms with Crippen LogP contribution in [0, 0.1) is 0 Å². The number of benzene rings is 5. The fourth-order valence-corrected chi connectivity index (χ4v) is 7.01. The van der Waals surface area contributed by atoms with Crippen molar-refractivity contribution in [2.75, 3.05) is 4.90 Å². The molecule has 7 rings (SSSR count). The highest BCUT2D eigenvalue weighted by Crippen LogP contribution is 2.47. The predicted octanol–water partition coefficient (Wildman–Crippen LogP) is 12.1. The highest BCUT2D eigenvalue weighted by molar-refractivity contribution is 7.18. The van der Waals surface area contributed by atoms with Gasteiger partial charge in [-0.05, 0) is 65.6 Å². The van der Waals surface area contributed by atoms with Gasteiger partial charge in [-0.2, -0.15) is 0 Å². The van der Waals surface area contributed by atoms with Gasteiger partial charge in [-0.25, -0.2) is 0 Å². The predicted molar refractivity (Wildman–Crippen MR) is 180 cm³/mol. The number of rotatable bonds is 4. The van der Waals surface area contributed by atoms with Gasteiger partial charge in [0.05, 0.1) is 32.5 Å². The third kappa shape index (κ3) is 4.40. The number of thiophene rings is 1. The Kier molecular flexibility index (Phi) is 6.35. The van der Waals surface area contributed by atoms with E-state index in [1.54, 1.807) is 11.3 Å². The number of hydrogen-bond donors (Lipinski definition) is 0. The summed E-state index contributed by atoms with van der Waals surface area (Å²) in [6.45, 7) is 6.70. The van der Waals surface area contributed by atoms with Crippen LogP contribution in [0.15, 0.2) is 115 Å². The van der Waals surface area contributed by atoms with Crippen LogP contribution in [0.3, 0.4) is 0 Å². The molecule has 5 heteroatoms. The van der Waals surface area contributed by atoms with E-state index in [1.165, 1.54) is 37.5 Å². The first-order valence-corrected chi connectivity index (χ1v) is 15.3. The molecule has 2 nitrogen and oxygen atoms in total. The zero-order valence-corrected chi connectivity index (χ0v) is 25.4. The Hall–Kier alpha value is -3.76. The van der Waals surface area contributed by atoms with Gasteiger partial charge in [0, 0.05) is 37.6 Å². The van der Waals surface area contributed by atoms with Crippen LogP contribution >= 0.6 is 34.5 Å². The topological polar surface area (TPSA) is 8.17 Å². The molecule has 0 radical (unpaired) electrons. The van der Waals surface area contributed by atoms with E-state index in [4.69, 9.17) is 23.2 Å². The smallest absolute Gasteiger partial charge is 0.0832 e. The number of aromatic nitrogens is 1. The van der Waals surface area contributed by atoms with Crippen LogP contribution in [0.25, 0.3) is 37.6 Å². The SMILES string of the molecule is CC(C)(C)c1ccc(N(c2cccc(Cl)c2Cl)c2csc3cc4c(cc23)c2ccccc2n4-c2ccccc2)cc1.